The fourth-order valence-electron chi connectivity index (χ4n) is 1.57. The number of rotatable bonds is 3. The summed E-state index contributed by atoms with van der Waals surface area (Å²) >= 11 is 4.99. The van der Waals surface area contributed by atoms with Gasteiger partial charge in [-0.15, -0.1) is 0 Å². The van der Waals surface area contributed by atoms with Crippen LogP contribution >= 0.6 is 12.2 Å². The summed E-state index contributed by atoms with van der Waals surface area (Å²) in [4.78, 5) is 6.93. The van der Waals surface area contributed by atoms with Crippen LogP contribution in [0.4, 0.5) is 8.78 Å². The summed E-state index contributed by atoms with van der Waals surface area (Å²) in [7, 11) is 1.52. The topological polar surface area (TPSA) is 37.9 Å². The normalized spacial score (nSPS) is 10.6. The summed E-state index contributed by atoms with van der Waals surface area (Å²) in [6.07, 6.45) is 0. The molecule has 1 heterocycles. The number of nitrogens with one attached hydrogen (secondary N) is 1. The first-order chi connectivity index (χ1) is 8.60. The number of benzene rings is 1. The largest absolute Gasteiger partial charge is 0.377 e. The molecule has 0 bridgehead atoms. The number of aromatic amines is 1. The molecule has 0 fully saturated rings. The lowest BCUT2D eigenvalue weighted by Crippen LogP contribution is -1.99. The summed E-state index contributed by atoms with van der Waals surface area (Å²) < 4.78 is 31.7. The summed E-state index contributed by atoms with van der Waals surface area (Å²) in [6.45, 7) is 0.236. The molecule has 18 heavy (non-hydrogen) atoms. The van der Waals surface area contributed by atoms with Crippen molar-refractivity contribution in [3.8, 4) is 11.3 Å². The third-order valence-corrected chi connectivity index (χ3v) is 2.50. The molecule has 0 radical (unpaired) electrons. The third-order valence-electron chi connectivity index (χ3n) is 2.29. The Balaban J connectivity index is 2.53. The number of hydrogen-bond acceptors (Lipinski definition) is 3. The minimum atomic E-state index is -0.657. The number of halogens is 2. The van der Waals surface area contributed by atoms with Crippen molar-refractivity contribution >= 4 is 12.2 Å². The van der Waals surface area contributed by atoms with Crippen LogP contribution in [0.5, 0.6) is 0 Å². The molecule has 1 N–H and O–H groups in total. The first-order valence-electron chi connectivity index (χ1n) is 5.15. The second-order valence-corrected chi connectivity index (χ2v) is 4.06. The lowest BCUT2D eigenvalue weighted by atomic mass is 10.1. The fourth-order valence-corrected chi connectivity index (χ4v) is 1.79. The number of ether oxygens (including phenoxy) is 1. The quantitative estimate of drug-likeness (QED) is 0.868. The van der Waals surface area contributed by atoms with Gasteiger partial charge in [-0.1, -0.05) is 12.2 Å². The Hall–Kier alpha value is -1.66. The molecule has 94 valence electrons. The van der Waals surface area contributed by atoms with E-state index in [1.165, 1.54) is 25.3 Å². The van der Waals surface area contributed by atoms with Crippen molar-refractivity contribution in [3.63, 3.8) is 0 Å². The molecule has 0 aliphatic heterocycles. The van der Waals surface area contributed by atoms with Gasteiger partial charge in [0, 0.05) is 18.7 Å². The molecule has 6 heteroatoms. The summed E-state index contributed by atoms with van der Waals surface area (Å²) in [5.41, 5.74) is 0.682. The molecule has 1 aromatic carbocycles. The van der Waals surface area contributed by atoms with Gasteiger partial charge < -0.3 is 9.72 Å². The molecule has 2 rings (SSSR count). The van der Waals surface area contributed by atoms with Crippen LogP contribution < -0.4 is 0 Å². The van der Waals surface area contributed by atoms with E-state index in [1.54, 1.807) is 0 Å². The van der Waals surface area contributed by atoms with E-state index in [2.05, 4.69) is 9.97 Å². The highest BCUT2D eigenvalue weighted by Gasteiger charge is 2.08. The van der Waals surface area contributed by atoms with Crippen LogP contribution in [0.15, 0.2) is 24.3 Å². The first-order valence-corrected chi connectivity index (χ1v) is 5.55. The average molecular weight is 268 g/mol. The van der Waals surface area contributed by atoms with E-state index in [9.17, 15) is 8.78 Å². The number of aromatic nitrogens is 2. The number of hydrogen-bond donors (Lipinski definition) is 1. The van der Waals surface area contributed by atoms with Gasteiger partial charge in [-0.25, -0.2) is 13.8 Å². The molecule has 0 amide bonds. The van der Waals surface area contributed by atoms with Gasteiger partial charge in [0.15, 0.2) is 0 Å². The summed E-state index contributed by atoms with van der Waals surface area (Å²) in [5.74, 6) is -0.792. The number of H-pyrrole nitrogens is 1. The zero-order valence-corrected chi connectivity index (χ0v) is 10.4. The van der Waals surface area contributed by atoms with Crippen molar-refractivity contribution in [3.05, 3.63) is 46.4 Å². The van der Waals surface area contributed by atoms with E-state index in [-0.39, 0.29) is 12.2 Å². The summed E-state index contributed by atoms with van der Waals surface area (Å²) in [5, 5.41) is 0. The van der Waals surface area contributed by atoms with Crippen LogP contribution in [0.2, 0.25) is 0 Å². The van der Waals surface area contributed by atoms with Crippen molar-refractivity contribution in [2.45, 2.75) is 6.61 Å². The van der Waals surface area contributed by atoms with Crippen LogP contribution in [-0.2, 0) is 11.3 Å². The number of methoxy groups -OCH3 is 1. The van der Waals surface area contributed by atoms with E-state index < -0.39 is 11.6 Å². The molecule has 0 aliphatic carbocycles. The molecule has 1 aromatic heterocycles. The Labute approximate surface area is 107 Å². The molecular formula is C12H10F2N2OS. The first kappa shape index (κ1) is 12.8. The van der Waals surface area contributed by atoms with Crippen molar-refractivity contribution < 1.29 is 13.5 Å². The Morgan fingerprint density at radius 2 is 2.11 bits per heavy atom. The molecule has 0 saturated carbocycles. The highest BCUT2D eigenvalue weighted by Crippen LogP contribution is 2.21. The van der Waals surface area contributed by atoms with Crippen LogP contribution in [-0.4, -0.2) is 17.1 Å². The van der Waals surface area contributed by atoms with Gasteiger partial charge >= 0.3 is 0 Å². The lowest BCUT2D eigenvalue weighted by molar-refractivity contribution is 0.177. The van der Waals surface area contributed by atoms with Crippen LogP contribution in [0.25, 0.3) is 11.3 Å². The maximum Gasteiger partial charge on any atom is 0.135 e. The van der Waals surface area contributed by atoms with Crippen LogP contribution in [0.1, 0.15) is 5.82 Å². The van der Waals surface area contributed by atoms with Crippen molar-refractivity contribution in [2.24, 2.45) is 0 Å². The highest BCUT2D eigenvalue weighted by atomic mass is 32.1. The Kier molecular flexibility index (Phi) is 3.78. The minimum Gasteiger partial charge on any atom is -0.377 e. The zero-order valence-electron chi connectivity index (χ0n) is 9.54. The molecule has 0 spiro atoms. The van der Waals surface area contributed by atoms with E-state index in [1.807, 2.05) is 0 Å². The second-order valence-electron chi connectivity index (χ2n) is 3.64. The molecule has 0 atom stereocenters. The van der Waals surface area contributed by atoms with E-state index >= 15 is 0 Å². The molecular weight excluding hydrogens is 258 g/mol. The van der Waals surface area contributed by atoms with Crippen LogP contribution in [0, 0.1) is 16.3 Å². The van der Waals surface area contributed by atoms with Gasteiger partial charge in [0.25, 0.3) is 0 Å². The molecule has 0 saturated heterocycles. The van der Waals surface area contributed by atoms with E-state index in [4.69, 9.17) is 17.0 Å². The standard InChI is InChI=1S/C12H10F2N2OS/c1-17-6-11-15-10(5-12(18)16-11)8-3-2-7(13)4-9(8)14/h2-5H,6H2,1H3,(H,15,16,18). The van der Waals surface area contributed by atoms with Gasteiger partial charge in [-0.05, 0) is 18.2 Å². The average Bonchev–Trinajstić information content (AvgIpc) is 2.28. The van der Waals surface area contributed by atoms with Crippen molar-refractivity contribution in [1.29, 1.82) is 0 Å². The Morgan fingerprint density at radius 3 is 2.78 bits per heavy atom. The molecule has 3 nitrogen and oxygen atoms in total. The fraction of sp³-hybridized carbons (Fsp3) is 0.167. The van der Waals surface area contributed by atoms with Gasteiger partial charge in [0.05, 0.1) is 5.69 Å². The van der Waals surface area contributed by atoms with E-state index in [0.29, 0.717) is 16.2 Å². The predicted octanol–water partition coefficient (Wildman–Crippen LogP) is 3.23. The lowest BCUT2D eigenvalue weighted by Gasteiger charge is -2.06. The molecule has 2 aromatic rings. The van der Waals surface area contributed by atoms with Gasteiger partial charge in [0.2, 0.25) is 0 Å². The second kappa shape index (κ2) is 5.32. The van der Waals surface area contributed by atoms with Crippen molar-refractivity contribution in [2.75, 3.05) is 7.11 Å². The monoisotopic (exact) mass is 268 g/mol. The van der Waals surface area contributed by atoms with Gasteiger partial charge in [-0.2, -0.15) is 0 Å². The minimum absolute atomic E-state index is 0.236. The Morgan fingerprint density at radius 1 is 1.33 bits per heavy atom. The van der Waals surface area contributed by atoms with Crippen molar-refractivity contribution in [1.82, 2.24) is 9.97 Å². The van der Waals surface area contributed by atoms with Crippen LogP contribution in [0.3, 0.4) is 0 Å². The predicted molar refractivity (Wildman–Crippen MR) is 65.5 cm³/mol. The smallest absolute Gasteiger partial charge is 0.135 e. The third kappa shape index (κ3) is 2.77. The van der Waals surface area contributed by atoms with E-state index in [0.717, 1.165) is 6.07 Å². The summed E-state index contributed by atoms with van der Waals surface area (Å²) in [6, 6.07) is 4.88. The maximum absolute atomic E-state index is 13.6. The molecule has 0 aliphatic rings. The van der Waals surface area contributed by atoms with Gasteiger partial charge in [-0.3, -0.25) is 0 Å². The maximum atomic E-state index is 13.6. The van der Waals surface area contributed by atoms with Gasteiger partial charge in [0.1, 0.15) is 28.7 Å². The zero-order chi connectivity index (χ0) is 13.1. The SMILES string of the molecule is COCc1nc(=S)cc(-c2ccc(F)cc2F)[nH]1. The Bertz CT molecular complexity index is 628. The molecule has 0 unspecified atom stereocenters. The highest BCUT2D eigenvalue weighted by molar-refractivity contribution is 7.71. The number of nitrogens with zero attached hydrogens (tertiary/aromatic N) is 1.